The molecule has 0 aliphatic heterocycles. The fourth-order valence-electron chi connectivity index (χ4n) is 3.82. The van der Waals surface area contributed by atoms with E-state index in [1.807, 2.05) is 48.7 Å². The largest absolute Gasteiger partial charge is 0.306 e. The number of hydrogen-bond acceptors (Lipinski definition) is 4. The molecule has 2 N–H and O–H groups in total. The van der Waals surface area contributed by atoms with Crippen LogP contribution in [0.4, 0.5) is 0 Å². The van der Waals surface area contributed by atoms with E-state index in [0.717, 1.165) is 44.2 Å². The Morgan fingerprint density at radius 1 is 1.07 bits per heavy atom. The third-order valence-corrected chi connectivity index (χ3v) is 6.32. The van der Waals surface area contributed by atoms with Crippen molar-refractivity contribution in [2.45, 2.75) is 11.8 Å². The van der Waals surface area contributed by atoms with Gasteiger partial charge in [-0.15, -0.1) is 11.8 Å². The van der Waals surface area contributed by atoms with E-state index in [9.17, 15) is 4.79 Å². The Kier molecular flexibility index (Phi) is 4.60. The molecule has 30 heavy (non-hydrogen) atoms. The summed E-state index contributed by atoms with van der Waals surface area (Å²) in [6.45, 7) is 2.06. The lowest BCUT2D eigenvalue weighted by Gasteiger charge is -2.16. The maximum absolute atomic E-state index is 12.4. The van der Waals surface area contributed by atoms with Gasteiger partial charge in [-0.2, -0.15) is 5.10 Å². The first-order chi connectivity index (χ1) is 14.6. The lowest BCUT2D eigenvalue weighted by atomic mass is 9.93. The van der Waals surface area contributed by atoms with Crippen molar-refractivity contribution in [2.75, 3.05) is 6.26 Å². The molecule has 3 heterocycles. The van der Waals surface area contributed by atoms with Gasteiger partial charge in [0.25, 0.3) is 5.56 Å². The number of pyridine rings is 2. The summed E-state index contributed by atoms with van der Waals surface area (Å²) in [6.07, 6.45) is 3.66. The lowest BCUT2D eigenvalue weighted by molar-refractivity contribution is 1.12. The molecule has 7 heteroatoms. The standard InChI is InChI=1S/C23H17ClN4OS/c1-12-16-10-18(30-2)23(29)27-22(16)26-21(13-6-4-3-5-7-13)19(12)14-8-15-11-25-28-20(15)17(24)9-14/h3-11H,1-2H3,(H,25,28)(H,26,27,29). The van der Waals surface area contributed by atoms with Gasteiger partial charge in [-0.3, -0.25) is 9.89 Å². The van der Waals surface area contributed by atoms with Gasteiger partial charge in [0.2, 0.25) is 0 Å². The minimum atomic E-state index is -0.128. The molecule has 5 aromatic rings. The molecule has 0 aliphatic carbocycles. The van der Waals surface area contributed by atoms with E-state index in [4.69, 9.17) is 16.6 Å². The van der Waals surface area contributed by atoms with E-state index in [1.165, 1.54) is 11.8 Å². The Hall–Kier alpha value is -3.09. The van der Waals surface area contributed by atoms with Gasteiger partial charge in [0.15, 0.2) is 0 Å². The predicted molar refractivity (Wildman–Crippen MR) is 124 cm³/mol. The van der Waals surface area contributed by atoms with Crippen LogP contribution >= 0.6 is 23.4 Å². The Labute approximate surface area is 181 Å². The van der Waals surface area contributed by atoms with Crippen molar-refractivity contribution in [2.24, 2.45) is 0 Å². The van der Waals surface area contributed by atoms with E-state index in [0.29, 0.717) is 15.6 Å². The predicted octanol–water partition coefficient (Wildman–Crippen LogP) is 5.82. The van der Waals surface area contributed by atoms with Crippen LogP contribution < -0.4 is 5.56 Å². The topological polar surface area (TPSA) is 74.4 Å². The minimum absolute atomic E-state index is 0.128. The molecule has 0 saturated carbocycles. The SMILES string of the molecule is CSc1cc2c(C)c(-c3cc(Cl)c4[nH]ncc4c3)c(-c3ccccc3)nc2[nH]c1=O. The van der Waals surface area contributed by atoms with Gasteiger partial charge in [0.1, 0.15) is 5.65 Å². The first kappa shape index (κ1) is 18.9. The second-order valence-electron chi connectivity index (χ2n) is 7.05. The monoisotopic (exact) mass is 432 g/mol. The summed E-state index contributed by atoms with van der Waals surface area (Å²) in [7, 11) is 0. The fourth-order valence-corrected chi connectivity index (χ4v) is 4.56. The number of aromatic amines is 2. The molecule has 0 atom stereocenters. The van der Waals surface area contributed by atoms with Crippen molar-refractivity contribution in [3.05, 3.63) is 75.7 Å². The summed E-state index contributed by atoms with van der Waals surface area (Å²) in [5.74, 6) is 0. The Morgan fingerprint density at radius 3 is 2.63 bits per heavy atom. The van der Waals surface area contributed by atoms with Gasteiger partial charge in [-0.05, 0) is 42.5 Å². The van der Waals surface area contributed by atoms with E-state index >= 15 is 0 Å². The highest BCUT2D eigenvalue weighted by Crippen LogP contribution is 2.39. The molecule has 5 rings (SSSR count). The molecule has 0 aliphatic rings. The lowest BCUT2D eigenvalue weighted by Crippen LogP contribution is -2.10. The summed E-state index contributed by atoms with van der Waals surface area (Å²) < 4.78 is 0. The van der Waals surface area contributed by atoms with Gasteiger partial charge >= 0.3 is 0 Å². The maximum Gasteiger partial charge on any atom is 0.263 e. The Morgan fingerprint density at radius 2 is 1.87 bits per heavy atom. The van der Waals surface area contributed by atoms with Crippen molar-refractivity contribution in [1.29, 1.82) is 0 Å². The van der Waals surface area contributed by atoms with Gasteiger partial charge in [0, 0.05) is 21.9 Å². The van der Waals surface area contributed by atoms with Crippen LogP contribution in [0.2, 0.25) is 5.02 Å². The molecule has 0 radical (unpaired) electrons. The molecule has 0 spiro atoms. The van der Waals surface area contributed by atoms with Crippen molar-refractivity contribution in [1.82, 2.24) is 20.2 Å². The molecule has 148 valence electrons. The van der Waals surface area contributed by atoms with Crippen LogP contribution in [0.25, 0.3) is 44.3 Å². The van der Waals surface area contributed by atoms with Crippen molar-refractivity contribution in [3.8, 4) is 22.4 Å². The second kappa shape index (κ2) is 7.31. The van der Waals surface area contributed by atoms with Gasteiger partial charge < -0.3 is 4.98 Å². The number of fused-ring (bicyclic) bond motifs is 2. The average molecular weight is 433 g/mol. The average Bonchev–Trinajstić information content (AvgIpc) is 3.23. The Bertz CT molecular complexity index is 1470. The number of H-pyrrole nitrogens is 2. The third kappa shape index (κ3) is 3.00. The molecule has 0 saturated heterocycles. The first-order valence-corrected chi connectivity index (χ1v) is 11.0. The molecule has 5 nitrogen and oxygen atoms in total. The zero-order chi connectivity index (χ0) is 20.8. The zero-order valence-corrected chi connectivity index (χ0v) is 17.9. The van der Waals surface area contributed by atoms with E-state index in [-0.39, 0.29) is 5.56 Å². The summed E-state index contributed by atoms with van der Waals surface area (Å²) in [5.41, 5.74) is 5.99. The molecule has 0 fully saturated rings. The summed E-state index contributed by atoms with van der Waals surface area (Å²) in [5, 5.41) is 9.50. The number of halogens is 1. The number of thioether (sulfide) groups is 1. The van der Waals surface area contributed by atoms with Crippen LogP contribution in [0.3, 0.4) is 0 Å². The van der Waals surface area contributed by atoms with Crippen molar-refractivity contribution in [3.63, 3.8) is 0 Å². The fraction of sp³-hybridized carbons (Fsp3) is 0.0870. The van der Waals surface area contributed by atoms with Crippen LogP contribution in [-0.2, 0) is 0 Å². The van der Waals surface area contributed by atoms with Crippen molar-refractivity contribution < 1.29 is 0 Å². The van der Waals surface area contributed by atoms with Crippen LogP contribution in [-0.4, -0.2) is 26.4 Å². The summed E-state index contributed by atoms with van der Waals surface area (Å²) >= 11 is 7.97. The number of aryl methyl sites for hydroxylation is 1. The highest BCUT2D eigenvalue weighted by Gasteiger charge is 2.18. The molecule has 0 unspecified atom stereocenters. The highest BCUT2D eigenvalue weighted by atomic mass is 35.5. The molecular formula is C23H17ClN4OS. The number of hydrogen-bond donors (Lipinski definition) is 2. The third-order valence-electron chi connectivity index (χ3n) is 5.28. The highest BCUT2D eigenvalue weighted by molar-refractivity contribution is 7.98. The zero-order valence-electron chi connectivity index (χ0n) is 16.3. The number of nitrogens with one attached hydrogen (secondary N) is 2. The quantitative estimate of drug-likeness (QED) is 0.352. The maximum atomic E-state index is 12.4. The normalized spacial score (nSPS) is 11.4. The van der Waals surface area contributed by atoms with E-state index in [2.05, 4.69) is 28.2 Å². The van der Waals surface area contributed by atoms with Gasteiger partial charge in [-0.25, -0.2) is 4.98 Å². The van der Waals surface area contributed by atoms with Crippen LogP contribution in [0.1, 0.15) is 5.56 Å². The number of benzene rings is 2. The molecule has 0 bridgehead atoms. The smallest absolute Gasteiger partial charge is 0.263 e. The van der Waals surface area contributed by atoms with E-state index in [1.54, 1.807) is 6.20 Å². The Balaban J connectivity index is 1.91. The summed E-state index contributed by atoms with van der Waals surface area (Å²) in [4.78, 5) is 20.9. The minimum Gasteiger partial charge on any atom is -0.306 e. The first-order valence-electron chi connectivity index (χ1n) is 9.37. The number of aromatic nitrogens is 4. The van der Waals surface area contributed by atoms with Crippen LogP contribution in [0, 0.1) is 6.92 Å². The van der Waals surface area contributed by atoms with Crippen LogP contribution in [0.5, 0.6) is 0 Å². The second-order valence-corrected chi connectivity index (χ2v) is 8.30. The summed E-state index contributed by atoms with van der Waals surface area (Å²) in [6, 6.07) is 15.9. The van der Waals surface area contributed by atoms with Crippen LogP contribution in [0.15, 0.2) is 64.4 Å². The number of nitrogens with zero attached hydrogens (tertiary/aromatic N) is 2. The van der Waals surface area contributed by atoms with Gasteiger partial charge in [0.05, 0.1) is 27.3 Å². The number of rotatable bonds is 3. The molecular weight excluding hydrogens is 416 g/mol. The van der Waals surface area contributed by atoms with Gasteiger partial charge in [-0.1, -0.05) is 41.9 Å². The van der Waals surface area contributed by atoms with Crippen molar-refractivity contribution >= 4 is 45.3 Å². The van der Waals surface area contributed by atoms with E-state index < -0.39 is 0 Å². The molecule has 0 amide bonds. The molecule has 3 aromatic heterocycles. The molecule has 2 aromatic carbocycles.